The Balaban J connectivity index is 0.00000247. The number of ether oxygens (including phenoxy) is 2. The Morgan fingerprint density at radius 1 is 0.921 bits per heavy atom. The highest BCUT2D eigenvalue weighted by Gasteiger charge is 2.25. The highest BCUT2D eigenvalue weighted by atomic mass is 16.6. The number of anilines is 1. The number of carbonyl (C=O) groups is 3. The zero-order valence-corrected chi connectivity index (χ0v) is 23.8. The summed E-state index contributed by atoms with van der Waals surface area (Å²) in [7, 11) is 0. The van der Waals surface area contributed by atoms with Crippen LogP contribution in [0.1, 0.15) is 83.7 Å². The normalized spacial score (nSPS) is 13.5. The molecule has 0 atom stereocenters. The van der Waals surface area contributed by atoms with E-state index < -0.39 is 17.3 Å². The highest BCUT2D eigenvalue weighted by molar-refractivity contribution is 6.02. The molecule has 2 N–H and O–H groups in total. The number of rotatable bonds is 5. The fraction of sp³-hybridized carbons (Fsp3) is 0.483. The Kier molecular flexibility index (Phi) is 10.6. The summed E-state index contributed by atoms with van der Waals surface area (Å²) < 4.78 is 16.4. The van der Waals surface area contributed by atoms with Crippen molar-refractivity contribution < 1.29 is 28.3 Å². The highest BCUT2D eigenvalue weighted by Crippen LogP contribution is 2.26. The van der Waals surface area contributed by atoms with Crippen LogP contribution < -0.4 is 10.6 Å². The molecule has 1 aliphatic heterocycles. The second-order valence-electron chi connectivity index (χ2n) is 10.6. The van der Waals surface area contributed by atoms with Gasteiger partial charge in [0.2, 0.25) is 0 Å². The molecule has 0 bridgehead atoms. The van der Waals surface area contributed by atoms with Crippen LogP contribution in [-0.4, -0.2) is 47.3 Å². The van der Waals surface area contributed by atoms with Crippen molar-refractivity contribution in [1.82, 2.24) is 10.2 Å². The molecule has 1 aliphatic rings. The van der Waals surface area contributed by atoms with Gasteiger partial charge in [0.15, 0.2) is 5.76 Å². The van der Waals surface area contributed by atoms with Gasteiger partial charge in [-0.05, 0) is 83.4 Å². The lowest BCUT2D eigenvalue weighted by Crippen LogP contribution is -2.39. The monoisotopic (exact) mass is 527 g/mol. The molecule has 0 spiro atoms. The van der Waals surface area contributed by atoms with Gasteiger partial charge in [-0.2, -0.15) is 0 Å². The van der Waals surface area contributed by atoms with Crippen molar-refractivity contribution >= 4 is 29.4 Å². The lowest BCUT2D eigenvalue weighted by atomic mass is 10.1. The topological polar surface area (TPSA) is 110 Å². The van der Waals surface area contributed by atoms with Gasteiger partial charge in [0.25, 0.3) is 5.91 Å². The number of hydrogen-bond donors (Lipinski definition) is 2. The minimum Gasteiger partial charge on any atom is -0.451 e. The zero-order valence-electron chi connectivity index (χ0n) is 23.8. The van der Waals surface area contributed by atoms with Crippen LogP contribution in [-0.2, 0) is 16.0 Å². The minimum atomic E-state index is -0.558. The maximum Gasteiger partial charge on any atom is 0.410 e. The average Bonchev–Trinajstić information content (AvgIpc) is 3.33. The van der Waals surface area contributed by atoms with Crippen LogP contribution in [0.3, 0.4) is 0 Å². The van der Waals surface area contributed by atoms with Gasteiger partial charge in [0, 0.05) is 25.3 Å². The lowest BCUT2D eigenvalue weighted by Gasteiger charge is -2.29. The third kappa shape index (κ3) is 9.95. The van der Waals surface area contributed by atoms with Gasteiger partial charge in [-0.25, -0.2) is 9.59 Å². The summed E-state index contributed by atoms with van der Waals surface area (Å²) in [5, 5.41) is 5.50. The summed E-state index contributed by atoms with van der Waals surface area (Å²) in [5.74, 6) is 0.427. The van der Waals surface area contributed by atoms with Gasteiger partial charge < -0.3 is 29.4 Å². The van der Waals surface area contributed by atoms with Crippen molar-refractivity contribution in [2.24, 2.45) is 0 Å². The summed E-state index contributed by atoms with van der Waals surface area (Å²) >= 11 is 0. The molecule has 0 saturated carbocycles. The zero-order chi connectivity index (χ0) is 28.5. The molecule has 9 nitrogen and oxygen atoms in total. The smallest absolute Gasteiger partial charge is 0.410 e. The van der Waals surface area contributed by atoms with Crippen molar-refractivity contribution in [3.8, 4) is 0 Å². The SMILES string of the molecule is CC.CC(C)(C)OC(=O)NCc1ccc(NC(=O)c2ccc(C3=CCN(C(=O)OC(C)(C)C)CC3)o2)cc1. The van der Waals surface area contributed by atoms with Crippen molar-refractivity contribution in [3.05, 3.63) is 59.6 Å². The van der Waals surface area contributed by atoms with E-state index in [9.17, 15) is 14.4 Å². The van der Waals surface area contributed by atoms with Crippen LogP contribution in [0.2, 0.25) is 0 Å². The van der Waals surface area contributed by atoms with E-state index in [1.54, 1.807) is 49.9 Å². The van der Waals surface area contributed by atoms with E-state index in [4.69, 9.17) is 13.9 Å². The average molecular weight is 528 g/mol. The van der Waals surface area contributed by atoms with E-state index in [-0.39, 0.29) is 17.8 Å². The summed E-state index contributed by atoms with van der Waals surface area (Å²) in [6.07, 6.45) is 1.69. The van der Waals surface area contributed by atoms with Gasteiger partial charge in [0.1, 0.15) is 17.0 Å². The van der Waals surface area contributed by atoms with E-state index in [1.165, 1.54) is 0 Å². The lowest BCUT2D eigenvalue weighted by molar-refractivity contribution is 0.0269. The molecule has 1 aromatic heterocycles. The van der Waals surface area contributed by atoms with Gasteiger partial charge in [-0.3, -0.25) is 4.79 Å². The van der Waals surface area contributed by atoms with Gasteiger partial charge >= 0.3 is 12.2 Å². The summed E-state index contributed by atoms with van der Waals surface area (Å²) in [6, 6.07) is 10.5. The van der Waals surface area contributed by atoms with Crippen LogP contribution in [0.4, 0.5) is 15.3 Å². The number of hydrogen-bond acceptors (Lipinski definition) is 6. The van der Waals surface area contributed by atoms with E-state index >= 15 is 0 Å². The van der Waals surface area contributed by atoms with Crippen LogP contribution in [0.15, 0.2) is 46.9 Å². The predicted octanol–water partition coefficient (Wildman–Crippen LogP) is 6.61. The molecule has 2 aromatic rings. The van der Waals surface area contributed by atoms with Crippen molar-refractivity contribution in [3.63, 3.8) is 0 Å². The Hall–Kier alpha value is -3.75. The fourth-order valence-electron chi connectivity index (χ4n) is 3.40. The fourth-order valence-corrected chi connectivity index (χ4v) is 3.40. The quantitative estimate of drug-likeness (QED) is 0.453. The van der Waals surface area contributed by atoms with Gasteiger partial charge in [0.05, 0.1) is 0 Å². The van der Waals surface area contributed by atoms with Crippen molar-refractivity contribution in [2.75, 3.05) is 18.4 Å². The van der Waals surface area contributed by atoms with E-state index in [1.807, 2.05) is 52.8 Å². The number of benzene rings is 1. The first-order valence-corrected chi connectivity index (χ1v) is 12.9. The molecule has 0 fully saturated rings. The molecule has 3 amide bonds. The Labute approximate surface area is 225 Å². The first-order chi connectivity index (χ1) is 17.8. The third-order valence-corrected chi connectivity index (χ3v) is 5.05. The van der Waals surface area contributed by atoms with E-state index in [0.29, 0.717) is 37.5 Å². The van der Waals surface area contributed by atoms with Crippen LogP contribution in [0.25, 0.3) is 5.57 Å². The largest absolute Gasteiger partial charge is 0.451 e. The second-order valence-corrected chi connectivity index (χ2v) is 10.6. The molecule has 2 heterocycles. The molecular weight excluding hydrogens is 486 g/mol. The van der Waals surface area contributed by atoms with Crippen LogP contribution in [0.5, 0.6) is 0 Å². The molecule has 1 aromatic carbocycles. The molecule has 3 rings (SSSR count). The molecule has 0 aliphatic carbocycles. The Bertz CT molecular complexity index is 1120. The summed E-state index contributed by atoms with van der Waals surface area (Å²) in [5.41, 5.74) is 1.31. The summed E-state index contributed by atoms with van der Waals surface area (Å²) in [6.45, 7) is 16.2. The minimum absolute atomic E-state index is 0.191. The molecule has 9 heteroatoms. The first-order valence-electron chi connectivity index (χ1n) is 12.9. The standard InChI is InChI=1S/C27H35N3O6.C2H6/c1-26(2,3)35-24(32)28-17-18-7-9-20(10-8-18)29-23(31)22-12-11-21(34-22)19-13-15-30(16-14-19)25(33)36-27(4,5)6;1-2/h7-13H,14-17H2,1-6H3,(H,28,32)(H,29,31);1-2H3. The van der Waals surface area contributed by atoms with Gasteiger partial charge in [-0.15, -0.1) is 0 Å². The van der Waals surface area contributed by atoms with E-state index in [2.05, 4.69) is 10.6 Å². The first kappa shape index (κ1) is 30.5. The maximum atomic E-state index is 12.6. The number of amides is 3. The molecule has 0 saturated heterocycles. The number of nitrogens with one attached hydrogen (secondary N) is 2. The number of nitrogens with zero attached hydrogens (tertiary/aromatic N) is 1. The Morgan fingerprint density at radius 2 is 1.55 bits per heavy atom. The van der Waals surface area contributed by atoms with Crippen LogP contribution >= 0.6 is 0 Å². The predicted molar refractivity (Wildman–Crippen MR) is 148 cm³/mol. The maximum absolute atomic E-state index is 12.6. The molecule has 208 valence electrons. The molecule has 0 unspecified atom stereocenters. The number of carbonyl (C=O) groups excluding carboxylic acids is 3. The molecule has 38 heavy (non-hydrogen) atoms. The van der Waals surface area contributed by atoms with Crippen molar-refractivity contribution in [1.29, 1.82) is 0 Å². The number of furan rings is 1. The van der Waals surface area contributed by atoms with Crippen molar-refractivity contribution in [2.45, 2.75) is 79.6 Å². The molecule has 0 radical (unpaired) electrons. The van der Waals surface area contributed by atoms with Gasteiger partial charge in [-0.1, -0.05) is 32.1 Å². The summed E-state index contributed by atoms with van der Waals surface area (Å²) in [4.78, 5) is 38.3. The third-order valence-electron chi connectivity index (χ3n) is 5.05. The Morgan fingerprint density at radius 3 is 2.11 bits per heavy atom. The van der Waals surface area contributed by atoms with E-state index in [0.717, 1.165) is 11.1 Å². The second kappa shape index (κ2) is 13.2. The molecular formula is C29H41N3O6. The number of alkyl carbamates (subject to hydrolysis) is 1. The van der Waals surface area contributed by atoms with Crippen LogP contribution in [0, 0.1) is 0 Å².